The second-order valence-corrected chi connectivity index (χ2v) is 13.2. The van der Waals surface area contributed by atoms with E-state index in [-0.39, 0.29) is 11.3 Å². The third-order valence-corrected chi connectivity index (χ3v) is 7.70. The van der Waals surface area contributed by atoms with E-state index in [2.05, 4.69) is 43.1 Å². The smallest absolute Gasteiger partial charge is 0.332 e. The summed E-state index contributed by atoms with van der Waals surface area (Å²) in [5.74, 6) is 0.606. The molecule has 0 saturated heterocycles. The quantitative estimate of drug-likeness (QED) is 0.561. The monoisotopic (exact) mass is 541 g/mol. The number of sulfonamides is 1. The number of nitrogens with zero attached hydrogens (tertiary/aromatic N) is 1. The maximum atomic E-state index is 12.6. The standard InChI is InChI=1S/C29H39N3O5S/c1-19-13-14-20(11-9-10-12-23(19)29(5,6)31-38(8,35)36)22-17-21(32-16-15-25(33)30-27(32)34)18-24(26(22)37-7)28(2,3)4/h11,13-18,23,31H,1,9-10,12H2,2-8H3,(H,30,33,34)/b14-13-,20-11+/t23-/m0/s1. The van der Waals surface area contributed by atoms with Crippen LogP contribution in [0.15, 0.2) is 64.4 Å². The Hall–Kier alpha value is -3.17. The lowest BCUT2D eigenvalue weighted by atomic mass is 9.79. The minimum absolute atomic E-state index is 0.0979. The molecule has 0 radical (unpaired) electrons. The number of aromatic nitrogens is 2. The van der Waals surface area contributed by atoms with Crippen molar-refractivity contribution in [3.63, 3.8) is 0 Å². The van der Waals surface area contributed by atoms with Gasteiger partial charge in [-0.25, -0.2) is 17.9 Å². The van der Waals surface area contributed by atoms with Gasteiger partial charge in [-0.15, -0.1) is 0 Å². The molecule has 0 spiro atoms. The van der Waals surface area contributed by atoms with Crippen molar-refractivity contribution in [3.05, 3.63) is 86.7 Å². The van der Waals surface area contributed by atoms with Crippen LogP contribution < -0.4 is 20.7 Å². The molecule has 0 bridgehead atoms. The zero-order chi connectivity index (χ0) is 28.5. The molecule has 1 aromatic carbocycles. The third kappa shape index (κ3) is 6.82. The van der Waals surface area contributed by atoms with Crippen LogP contribution >= 0.6 is 0 Å². The predicted octanol–water partition coefficient (Wildman–Crippen LogP) is 4.46. The first-order chi connectivity index (χ1) is 17.5. The van der Waals surface area contributed by atoms with Crippen molar-refractivity contribution in [1.82, 2.24) is 14.3 Å². The highest BCUT2D eigenvalue weighted by molar-refractivity contribution is 7.88. The minimum atomic E-state index is -3.40. The van der Waals surface area contributed by atoms with Crippen molar-refractivity contribution in [2.24, 2.45) is 5.92 Å². The Morgan fingerprint density at radius 2 is 1.82 bits per heavy atom. The number of hydrogen-bond acceptors (Lipinski definition) is 5. The summed E-state index contributed by atoms with van der Waals surface area (Å²) in [5, 5.41) is 0. The molecule has 8 nitrogen and oxygen atoms in total. The van der Waals surface area contributed by atoms with E-state index in [1.165, 1.54) is 23.1 Å². The molecule has 0 unspecified atom stereocenters. The molecule has 1 heterocycles. The summed E-state index contributed by atoms with van der Waals surface area (Å²) in [4.78, 5) is 26.6. The highest BCUT2D eigenvalue weighted by Crippen LogP contribution is 2.40. The van der Waals surface area contributed by atoms with E-state index in [0.717, 1.165) is 41.5 Å². The van der Waals surface area contributed by atoms with Gasteiger partial charge >= 0.3 is 5.69 Å². The van der Waals surface area contributed by atoms with Crippen LogP contribution in [0.5, 0.6) is 5.75 Å². The lowest BCUT2D eigenvalue weighted by Gasteiger charge is -2.35. The summed E-state index contributed by atoms with van der Waals surface area (Å²) in [6.45, 7) is 14.3. The average molecular weight is 542 g/mol. The first kappa shape index (κ1) is 29.4. The Morgan fingerprint density at radius 3 is 2.39 bits per heavy atom. The van der Waals surface area contributed by atoms with E-state index in [9.17, 15) is 18.0 Å². The molecule has 1 aromatic heterocycles. The predicted molar refractivity (Wildman–Crippen MR) is 154 cm³/mol. The van der Waals surface area contributed by atoms with Crippen molar-refractivity contribution in [3.8, 4) is 11.4 Å². The molecule has 1 aliphatic rings. The van der Waals surface area contributed by atoms with Gasteiger partial charge in [0.2, 0.25) is 10.0 Å². The molecule has 38 heavy (non-hydrogen) atoms. The van der Waals surface area contributed by atoms with Crippen molar-refractivity contribution in [2.45, 2.75) is 64.8 Å². The van der Waals surface area contributed by atoms with Gasteiger partial charge in [-0.1, -0.05) is 51.2 Å². The fourth-order valence-electron chi connectivity index (χ4n) is 5.08. The molecule has 0 saturated carbocycles. The molecule has 0 fully saturated rings. The van der Waals surface area contributed by atoms with Crippen LogP contribution in [0, 0.1) is 5.92 Å². The maximum Gasteiger partial charge on any atom is 0.332 e. The van der Waals surface area contributed by atoms with Gasteiger partial charge in [-0.05, 0) is 56.2 Å². The molecule has 1 aliphatic carbocycles. The lowest BCUT2D eigenvalue weighted by Crippen LogP contribution is -2.49. The second-order valence-electron chi connectivity index (χ2n) is 11.5. The maximum absolute atomic E-state index is 12.6. The van der Waals surface area contributed by atoms with Crippen LogP contribution in [-0.4, -0.2) is 36.9 Å². The fourth-order valence-corrected chi connectivity index (χ4v) is 6.18. The summed E-state index contributed by atoms with van der Waals surface area (Å²) < 4.78 is 34.1. The summed E-state index contributed by atoms with van der Waals surface area (Å²) in [6.07, 6.45) is 11.0. The average Bonchev–Trinajstić information content (AvgIpc) is 2.86. The molecule has 1 atom stereocenters. The summed E-state index contributed by atoms with van der Waals surface area (Å²) in [7, 11) is -1.77. The molecule has 9 heteroatoms. The summed E-state index contributed by atoms with van der Waals surface area (Å²) >= 11 is 0. The number of nitrogens with one attached hydrogen (secondary N) is 2. The van der Waals surface area contributed by atoms with Gasteiger partial charge in [0.15, 0.2) is 0 Å². The highest BCUT2D eigenvalue weighted by atomic mass is 32.2. The molecule has 0 aliphatic heterocycles. The van der Waals surface area contributed by atoms with Crippen LogP contribution in [0.25, 0.3) is 11.3 Å². The Kier molecular flexibility index (Phi) is 8.43. The van der Waals surface area contributed by atoms with Gasteiger partial charge in [-0.2, -0.15) is 0 Å². The van der Waals surface area contributed by atoms with Crippen LogP contribution in [-0.2, 0) is 15.4 Å². The minimum Gasteiger partial charge on any atom is -0.496 e. The number of hydrogen-bond donors (Lipinski definition) is 2. The van der Waals surface area contributed by atoms with Crippen molar-refractivity contribution in [2.75, 3.05) is 13.4 Å². The van der Waals surface area contributed by atoms with Crippen molar-refractivity contribution in [1.29, 1.82) is 0 Å². The fraction of sp³-hybridized carbons (Fsp3) is 0.448. The van der Waals surface area contributed by atoms with Crippen LogP contribution in [0.3, 0.4) is 0 Å². The zero-order valence-electron chi connectivity index (χ0n) is 23.3. The van der Waals surface area contributed by atoms with E-state index >= 15 is 0 Å². The number of aromatic amines is 1. The Labute approximate surface area is 225 Å². The Balaban J connectivity index is 2.17. The summed E-state index contributed by atoms with van der Waals surface area (Å²) in [6, 6.07) is 5.12. The first-order valence-electron chi connectivity index (χ1n) is 12.6. The van der Waals surface area contributed by atoms with Gasteiger partial charge in [0.1, 0.15) is 5.75 Å². The molecule has 2 N–H and O–H groups in total. The van der Waals surface area contributed by atoms with E-state index in [4.69, 9.17) is 4.74 Å². The molecular formula is C29H39N3O5S. The van der Waals surface area contributed by atoms with Gasteiger partial charge in [0.25, 0.3) is 5.56 Å². The van der Waals surface area contributed by atoms with Gasteiger partial charge in [0.05, 0.1) is 19.1 Å². The van der Waals surface area contributed by atoms with Gasteiger partial charge in [0, 0.05) is 34.8 Å². The normalized spacial score (nSPS) is 19.6. The largest absolute Gasteiger partial charge is 0.496 e. The third-order valence-electron chi connectivity index (χ3n) is 6.80. The SMILES string of the molecule is C=C1/C=C\C(c2cc(-n3ccc(=O)[nH]c3=O)cc(C(C)(C)C)c2OC)=C/CCC[C@@H]1C(C)(C)NS(C)(=O)=O. The van der Waals surface area contributed by atoms with Crippen molar-refractivity contribution >= 4 is 15.6 Å². The van der Waals surface area contributed by atoms with Crippen LogP contribution in [0.4, 0.5) is 0 Å². The number of allylic oxidation sites excluding steroid dienone is 4. The summed E-state index contributed by atoms with van der Waals surface area (Å²) in [5.41, 5.74) is 2.06. The number of ether oxygens (including phenoxy) is 1. The first-order valence-corrected chi connectivity index (χ1v) is 14.5. The molecule has 0 amide bonds. The lowest BCUT2D eigenvalue weighted by molar-refractivity contribution is 0.315. The van der Waals surface area contributed by atoms with Crippen LogP contribution in [0.2, 0.25) is 0 Å². The number of H-pyrrole nitrogens is 1. The topological polar surface area (TPSA) is 110 Å². The Morgan fingerprint density at radius 1 is 1.13 bits per heavy atom. The number of methoxy groups -OCH3 is 1. The number of benzene rings is 1. The van der Waals surface area contributed by atoms with E-state index in [0.29, 0.717) is 11.4 Å². The molecule has 206 valence electrons. The van der Waals surface area contributed by atoms with Crippen LogP contribution in [0.1, 0.15) is 65.0 Å². The zero-order valence-corrected chi connectivity index (χ0v) is 24.2. The van der Waals surface area contributed by atoms with E-state index in [1.807, 2.05) is 38.1 Å². The molecular weight excluding hydrogens is 502 g/mol. The van der Waals surface area contributed by atoms with Crippen molar-refractivity contribution < 1.29 is 13.2 Å². The van der Waals surface area contributed by atoms with Gasteiger partial charge in [-0.3, -0.25) is 14.3 Å². The molecule has 3 rings (SSSR count). The molecule has 2 aromatic rings. The van der Waals surface area contributed by atoms with E-state index < -0.39 is 26.8 Å². The number of rotatable bonds is 6. The van der Waals surface area contributed by atoms with Gasteiger partial charge < -0.3 is 4.74 Å². The highest BCUT2D eigenvalue weighted by Gasteiger charge is 2.33. The van der Waals surface area contributed by atoms with E-state index in [1.54, 1.807) is 7.11 Å². The Bertz CT molecular complexity index is 1500. The second kappa shape index (κ2) is 10.9.